The summed E-state index contributed by atoms with van der Waals surface area (Å²) in [7, 11) is 0. The average Bonchev–Trinajstić information content (AvgIpc) is 3.16. The number of thiophene rings is 1. The standard InChI is InChI=1S/C14H18N2O3S2/c1-10(13(18)15-4-6-19-7-5-15)16-12(17)9-21-14(16)11-3-2-8-20-11/h2-3,8,10,14H,4-7,9H2,1H3/t10-,14-/m0/s1. The maximum atomic E-state index is 12.6. The van der Waals surface area contributed by atoms with Gasteiger partial charge in [-0.15, -0.1) is 23.1 Å². The van der Waals surface area contributed by atoms with Crippen LogP contribution in [0.3, 0.4) is 0 Å². The van der Waals surface area contributed by atoms with Crippen LogP contribution in [0.2, 0.25) is 0 Å². The van der Waals surface area contributed by atoms with Crippen LogP contribution < -0.4 is 0 Å². The highest BCUT2D eigenvalue weighted by Crippen LogP contribution is 2.41. The van der Waals surface area contributed by atoms with Crippen LogP contribution in [-0.4, -0.2) is 59.7 Å². The second-order valence-electron chi connectivity index (χ2n) is 5.09. The van der Waals surface area contributed by atoms with Crippen molar-refractivity contribution in [1.82, 2.24) is 9.80 Å². The second-order valence-corrected chi connectivity index (χ2v) is 7.14. The quantitative estimate of drug-likeness (QED) is 0.846. The largest absolute Gasteiger partial charge is 0.378 e. The SMILES string of the molecule is C[C@@H](C(=O)N1CCOCC1)N1C(=O)CS[C@H]1c1cccs1. The monoisotopic (exact) mass is 326 g/mol. The molecule has 2 amide bonds. The van der Waals surface area contributed by atoms with Crippen molar-refractivity contribution in [1.29, 1.82) is 0 Å². The van der Waals surface area contributed by atoms with Crippen LogP contribution in [0.5, 0.6) is 0 Å². The van der Waals surface area contributed by atoms with Crippen LogP contribution in [0.25, 0.3) is 0 Å². The molecule has 114 valence electrons. The molecule has 0 spiro atoms. The molecule has 2 saturated heterocycles. The van der Waals surface area contributed by atoms with Gasteiger partial charge < -0.3 is 14.5 Å². The van der Waals surface area contributed by atoms with E-state index in [1.165, 1.54) is 0 Å². The lowest BCUT2D eigenvalue weighted by atomic mass is 10.2. The number of ether oxygens (including phenoxy) is 1. The van der Waals surface area contributed by atoms with E-state index in [-0.39, 0.29) is 17.2 Å². The third-order valence-electron chi connectivity index (χ3n) is 3.79. The van der Waals surface area contributed by atoms with Crippen LogP contribution >= 0.6 is 23.1 Å². The van der Waals surface area contributed by atoms with Crippen LogP contribution in [0, 0.1) is 0 Å². The molecular formula is C14H18N2O3S2. The van der Waals surface area contributed by atoms with Crippen molar-refractivity contribution in [2.45, 2.75) is 18.3 Å². The van der Waals surface area contributed by atoms with E-state index in [2.05, 4.69) is 0 Å². The summed E-state index contributed by atoms with van der Waals surface area (Å²) in [6, 6.07) is 3.59. The van der Waals surface area contributed by atoms with E-state index >= 15 is 0 Å². The van der Waals surface area contributed by atoms with Crippen molar-refractivity contribution in [3.8, 4) is 0 Å². The van der Waals surface area contributed by atoms with Gasteiger partial charge in [0.05, 0.1) is 19.0 Å². The molecule has 0 bridgehead atoms. The van der Waals surface area contributed by atoms with E-state index in [1.54, 1.807) is 32.9 Å². The summed E-state index contributed by atoms with van der Waals surface area (Å²) in [6.45, 7) is 4.22. The lowest BCUT2D eigenvalue weighted by molar-refractivity contribution is -0.146. The van der Waals surface area contributed by atoms with E-state index in [0.29, 0.717) is 32.1 Å². The minimum atomic E-state index is -0.419. The molecule has 0 N–H and O–H groups in total. The summed E-state index contributed by atoms with van der Waals surface area (Å²) in [5, 5.41) is 1.98. The number of hydrogen-bond acceptors (Lipinski definition) is 5. The topological polar surface area (TPSA) is 49.9 Å². The smallest absolute Gasteiger partial charge is 0.245 e. The summed E-state index contributed by atoms with van der Waals surface area (Å²) >= 11 is 3.23. The molecule has 0 aromatic carbocycles. The van der Waals surface area contributed by atoms with Gasteiger partial charge in [0.15, 0.2) is 0 Å². The highest BCUT2D eigenvalue weighted by atomic mass is 32.2. The number of amides is 2. The number of carbonyl (C=O) groups excluding carboxylic acids is 2. The molecule has 0 radical (unpaired) electrons. The zero-order valence-corrected chi connectivity index (χ0v) is 13.5. The normalized spacial score (nSPS) is 24.4. The van der Waals surface area contributed by atoms with E-state index in [1.807, 2.05) is 24.4 Å². The fourth-order valence-electron chi connectivity index (χ4n) is 2.67. The van der Waals surface area contributed by atoms with E-state index in [9.17, 15) is 9.59 Å². The predicted molar refractivity (Wildman–Crippen MR) is 83.2 cm³/mol. The summed E-state index contributed by atoms with van der Waals surface area (Å²) in [5.74, 6) is 0.520. The fourth-order valence-corrected chi connectivity index (χ4v) is 4.90. The van der Waals surface area contributed by atoms with Crippen LogP contribution in [0.1, 0.15) is 17.2 Å². The Morgan fingerprint density at radius 3 is 2.86 bits per heavy atom. The average molecular weight is 326 g/mol. The molecule has 2 aliphatic heterocycles. The minimum absolute atomic E-state index is 0.0238. The first-order valence-electron chi connectivity index (χ1n) is 7.01. The predicted octanol–water partition coefficient (Wildman–Crippen LogP) is 1.57. The maximum Gasteiger partial charge on any atom is 0.245 e. The lowest BCUT2D eigenvalue weighted by Gasteiger charge is -2.34. The zero-order valence-electron chi connectivity index (χ0n) is 11.9. The van der Waals surface area contributed by atoms with Gasteiger partial charge >= 0.3 is 0 Å². The number of thioether (sulfide) groups is 1. The summed E-state index contributed by atoms with van der Waals surface area (Å²) in [4.78, 5) is 29.5. The molecule has 0 aliphatic carbocycles. The summed E-state index contributed by atoms with van der Waals surface area (Å²) < 4.78 is 5.28. The van der Waals surface area contributed by atoms with Crippen LogP contribution in [-0.2, 0) is 14.3 Å². The molecule has 0 saturated carbocycles. The van der Waals surface area contributed by atoms with Gasteiger partial charge in [-0.1, -0.05) is 6.07 Å². The van der Waals surface area contributed by atoms with Crippen LogP contribution in [0.15, 0.2) is 17.5 Å². The number of carbonyl (C=O) groups is 2. The first kappa shape index (κ1) is 14.9. The van der Waals surface area contributed by atoms with Crippen molar-refractivity contribution in [2.24, 2.45) is 0 Å². The Hall–Kier alpha value is -1.05. The fraction of sp³-hybridized carbons (Fsp3) is 0.571. The minimum Gasteiger partial charge on any atom is -0.378 e. The molecular weight excluding hydrogens is 308 g/mol. The molecule has 2 fully saturated rings. The molecule has 5 nitrogen and oxygen atoms in total. The van der Waals surface area contributed by atoms with E-state index in [0.717, 1.165) is 4.88 Å². The number of hydrogen-bond donors (Lipinski definition) is 0. The molecule has 0 unspecified atom stereocenters. The summed E-state index contributed by atoms with van der Waals surface area (Å²) in [5.41, 5.74) is 0. The summed E-state index contributed by atoms with van der Waals surface area (Å²) in [6.07, 6.45) is 0. The van der Waals surface area contributed by atoms with Gasteiger partial charge in [-0.3, -0.25) is 9.59 Å². The molecule has 1 aromatic rings. The Balaban J connectivity index is 1.76. The molecule has 3 heterocycles. The highest BCUT2D eigenvalue weighted by Gasteiger charge is 2.40. The van der Waals surface area contributed by atoms with Gasteiger partial charge in [0.25, 0.3) is 0 Å². The zero-order chi connectivity index (χ0) is 14.8. The molecule has 21 heavy (non-hydrogen) atoms. The Labute approximate surface area is 132 Å². The first-order valence-corrected chi connectivity index (χ1v) is 8.94. The van der Waals surface area contributed by atoms with Crippen molar-refractivity contribution in [2.75, 3.05) is 32.1 Å². The maximum absolute atomic E-state index is 12.6. The Morgan fingerprint density at radius 1 is 1.43 bits per heavy atom. The Morgan fingerprint density at radius 2 is 2.19 bits per heavy atom. The first-order chi connectivity index (χ1) is 10.2. The third-order valence-corrected chi connectivity index (χ3v) is 6.07. The lowest BCUT2D eigenvalue weighted by Crippen LogP contribution is -2.51. The number of morpholine rings is 1. The van der Waals surface area contributed by atoms with Crippen molar-refractivity contribution in [3.63, 3.8) is 0 Å². The molecule has 7 heteroatoms. The Kier molecular flexibility index (Phi) is 4.51. The number of rotatable bonds is 3. The van der Waals surface area contributed by atoms with Gasteiger partial charge in [-0.2, -0.15) is 0 Å². The van der Waals surface area contributed by atoms with Crippen LogP contribution in [0.4, 0.5) is 0 Å². The number of nitrogens with zero attached hydrogens (tertiary/aromatic N) is 2. The Bertz CT molecular complexity index is 514. The molecule has 3 rings (SSSR count). The van der Waals surface area contributed by atoms with E-state index in [4.69, 9.17) is 4.74 Å². The van der Waals surface area contributed by atoms with Crippen molar-refractivity contribution < 1.29 is 14.3 Å². The van der Waals surface area contributed by atoms with Gasteiger partial charge in [-0.25, -0.2) is 0 Å². The van der Waals surface area contributed by atoms with Gasteiger partial charge in [0.2, 0.25) is 11.8 Å². The van der Waals surface area contributed by atoms with E-state index < -0.39 is 6.04 Å². The van der Waals surface area contributed by atoms with Crippen molar-refractivity contribution in [3.05, 3.63) is 22.4 Å². The van der Waals surface area contributed by atoms with Crippen molar-refractivity contribution >= 4 is 34.9 Å². The molecule has 1 aromatic heterocycles. The second kappa shape index (κ2) is 6.37. The molecule has 2 aliphatic rings. The van der Waals surface area contributed by atoms with Gasteiger partial charge in [0, 0.05) is 18.0 Å². The third kappa shape index (κ3) is 2.95. The highest BCUT2D eigenvalue weighted by molar-refractivity contribution is 8.00. The molecule has 2 atom stereocenters. The van der Waals surface area contributed by atoms with Gasteiger partial charge in [-0.05, 0) is 18.4 Å². The van der Waals surface area contributed by atoms with Gasteiger partial charge in [0.1, 0.15) is 11.4 Å².